The van der Waals surface area contributed by atoms with Gasteiger partial charge in [-0.05, 0) is 43.7 Å². The second-order valence-electron chi connectivity index (χ2n) is 4.96. The molecule has 0 aliphatic carbocycles. The van der Waals surface area contributed by atoms with Gasteiger partial charge >= 0.3 is 0 Å². The minimum absolute atomic E-state index is 0.155. The van der Waals surface area contributed by atoms with E-state index in [0.29, 0.717) is 12.3 Å². The number of anilines is 2. The fraction of sp³-hybridized carbons (Fsp3) is 0.294. The largest absolute Gasteiger partial charge is 0.492 e. The Morgan fingerprint density at radius 2 is 1.95 bits per heavy atom. The van der Waals surface area contributed by atoms with E-state index in [1.807, 2.05) is 50.4 Å². The van der Waals surface area contributed by atoms with Gasteiger partial charge in [-0.2, -0.15) is 0 Å². The van der Waals surface area contributed by atoms with Crippen LogP contribution in [0.1, 0.15) is 25.5 Å². The number of nitrogens with zero attached hydrogens (tertiary/aromatic N) is 1. The highest BCUT2D eigenvalue weighted by Gasteiger charge is 2.16. The Labute approximate surface area is 131 Å². The van der Waals surface area contributed by atoms with E-state index >= 15 is 0 Å². The van der Waals surface area contributed by atoms with Crippen molar-refractivity contribution in [2.45, 2.75) is 19.9 Å². The summed E-state index contributed by atoms with van der Waals surface area (Å²) in [6.45, 7) is 4.67. The maximum Gasteiger partial charge on any atom is 0.144 e. The number of hydrogen-bond donors (Lipinski definition) is 1. The van der Waals surface area contributed by atoms with Crippen LogP contribution in [0.15, 0.2) is 42.5 Å². The molecule has 1 unspecified atom stereocenters. The quantitative estimate of drug-likeness (QED) is 0.825. The third-order valence-corrected chi connectivity index (χ3v) is 3.87. The molecule has 1 atom stereocenters. The summed E-state index contributed by atoms with van der Waals surface area (Å²) in [6, 6.07) is 13.9. The molecule has 0 aliphatic rings. The highest BCUT2D eigenvalue weighted by molar-refractivity contribution is 6.30. The minimum atomic E-state index is 0.155. The second kappa shape index (κ2) is 6.72. The minimum Gasteiger partial charge on any atom is -0.492 e. The van der Waals surface area contributed by atoms with Gasteiger partial charge in [-0.1, -0.05) is 29.8 Å². The van der Waals surface area contributed by atoms with Crippen molar-refractivity contribution in [2.75, 3.05) is 24.3 Å². The van der Waals surface area contributed by atoms with E-state index in [9.17, 15) is 0 Å². The van der Waals surface area contributed by atoms with E-state index in [2.05, 4.69) is 17.9 Å². The zero-order valence-corrected chi connectivity index (χ0v) is 13.4. The molecule has 2 aromatic carbocycles. The third-order valence-electron chi connectivity index (χ3n) is 3.63. The summed E-state index contributed by atoms with van der Waals surface area (Å²) in [6.07, 6.45) is 0. The normalized spacial score (nSPS) is 12.0. The molecule has 3 nitrogen and oxygen atoms in total. The molecule has 0 amide bonds. The summed E-state index contributed by atoms with van der Waals surface area (Å²) in [5.41, 5.74) is 8.98. The number of para-hydroxylation sites is 1. The van der Waals surface area contributed by atoms with Gasteiger partial charge in [0.2, 0.25) is 0 Å². The van der Waals surface area contributed by atoms with E-state index in [1.165, 1.54) is 0 Å². The van der Waals surface area contributed by atoms with Crippen LogP contribution in [0.25, 0.3) is 0 Å². The van der Waals surface area contributed by atoms with E-state index < -0.39 is 0 Å². The fourth-order valence-corrected chi connectivity index (χ4v) is 2.52. The van der Waals surface area contributed by atoms with Crippen molar-refractivity contribution in [1.82, 2.24) is 0 Å². The van der Waals surface area contributed by atoms with Gasteiger partial charge in [-0.15, -0.1) is 0 Å². The van der Waals surface area contributed by atoms with Gasteiger partial charge in [0.25, 0.3) is 0 Å². The van der Waals surface area contributed by atoms with Crippen LogP contribution in [0.5, 0.6) is 5.75 Å². The zero-order chi connectivity index (χ0) is 15.4. The fourth-order valence-electron chi connectivity index (χ4n) is 2.32. The van der Waals surface area contributed by atoms with Crippen molar-refractivity contribution in [3.63, 3.8) is 0 Å². The number of rotatable bonds is 5. The molecule has 0 saturated heterocycles. The number of nitrogens with two attached hydrogens (primary N) is 1. The molecule has 2 rings (SSSR count). The van der Waals surface area contributed by atoms with Crippen molar-refractivity contribution < 1.29 is 4.74 Å². The van der Waals surface area contributed by atoms with Crippen LogP contribution in [0.4, 0.5) is 11.4 Å². The Hall–Kier alpha value is -1.87. The highest BCUT2D eigenvalue weighted by Crippen LogP contribution is 2.35. The van der Waals surface area contributed by atoms with E-state index in [4.69, 9.17) is 22.1 Å². The van der Waals surface area contributed by atoms with E-state index in [0.717, 1.165) is 22.0 Å². The first-order valence-corrected chi connectivity index (χ1v) is 7.42. The van der Waals surface area contributed by atoms with Crippen molar-refractivity contribution in [3.8, 4) is 5.75 Å². The Morgan fingerprint density at radius 1 is 1.24 bits per heavy atom. The molecule has 2 N–H and O–H groups in total. The number of ether oxygens (including phenoxy) is 1. The number of benzene rings is 2. The zero-order valence-electron chi connectivity index (χ0n) is 12.6. The van der Waals surface area contributed by atoms with Gasteiger partial charge < -0.3 is 15.4 Å². The summed E-state index contributed by atoms with van der Waals surface area (Å²) in [5, 5.41) is 0.740. The molecular formula is C17H21ClN2O. The van der Waals surface area contributed by atoms with Gasteiger partial charge in [-0.3, -0.25) is 0 Å². The lowest BCUT2D eigenvalue weighted by Gasteiger charge is -2.29. The van der Waals surface area contributed by atoms with Crippen molar-refractivity contribution in [1.29, 1.82) is 0 Å². The predicted octanol–water partition coefficient (Wildman–Crippen LogP) is 4.52. The van der Waals surface area contributed by atoms with Gasteiger partial charge in [0.05, 0.1) is 24.0 Å². The molecule has 0 aromatic heterocycles. The van der Waals surface area contributed by atoms with Crippen molar-refractivity contribution in [2.24, 2.45) is 0 Å². The third kappa shape index (κ3) is 3.42. The molecule has 0 bridgehead atoms. The van der Waals surface area contributed by atoms with Gasteiger partial charge in [0.1, 0.15) is 5.75 Å². The Balaban J connectivity index is 2.31. The smallest absolute Gasteiger partial charge is 0.144 e. The summed E-state index contributed by atoms with van der Waals surface area (Å²) in [5.74, 6) is 0.722. The molecule has 4 heteroatoms. The standard InChI is InChI=1S/C17H21ClN2O/c1-4-21-16-10-6-9-15(17(16)19)20(3)12(2)13-7-5-8-14(18)11-13/h5-12H,4,19H2,1-3H3. The van der Waals surface area contributed by atoms with Crippen LogP contribution in [0, 0.1) is 0 Å². The average Bonchev–Trinajstić information content (AvgIpc) is 2.48. The van der Waals surface area contributed by atoms with Crippen LogP contribution in [-0.2, 0) is 0 Å². The summed E-state index contributed by atoms with van der Waals surface area (Å²) in [7, 11) is 2.02. The maximum atomic E-state index is 6.22. The predicted molar refractivity (Wildman–Crippen MR) is 90.3 cm³/mol. The highest BCUT2D eigenvalue weighted by atomic mass is 35.5. The summed E-state index contributed by atoms with van der Waals surface area (Å²) >= 11 is 6.07. The first kappa shape index (κ1) is 15.5. The molecule has 0 saturated carbocycles. The molecule has 0 fully saturated rings. The second-order valence-corrected chi connectivity index (χ2v) is 5.40. The molecule has 2 aromatic rings. The van der Waals surface area contributed by atoms with Crippen LogP contribution in [0.2, 0.25) is 5.02 Å². The molecule has 0 spiro atoms. The Bertz CT molecular complexity index is 615. The SMILES string of the molecule is CCOc1cccc(N(C)C(C)c2cccc(Cl)c2)c1N. The first-order valence-electron chi connectivity index (χ1n) is 7.04. The monoisotopic (exact) mass is 304 g/mol. The molecule has 21 heavy (non-hydrogen) atoms. The maximum absolute atomic E-state index is 6.22. The van der Waals surface area contributed by atoms with Crippen LogP contribution >= 0.6 is 11.6 Å². The average molecular weight is 305 g/mol. The number of halogens is 1. The van der Waals surface area contributed by atoms with Crippen LogP contribution in [0.3, 0.4) is 0 Å². The van der Waals surface area contributed by atoms with Crippen LogP contribution < -0.4 is 15.4 Å². The molecular weight excluding hydrogens is 284 g/mol. The van der Waals surface area contributed by atoms with Crippen molar-refractivity contribution in [3.05, 3.63) is 53.1 Å². The molecule has 112 valence electrons. The van der Waals surface area contributed by atoms with Crippen LogP contribution in [-0.4, -0.2) is 13.7 Å². The first-order chi connectivity index (χ1) is 10.0. The van der Waals surface area contributed by atoms with Gasteiger partial charge in [0, 0.05) is 12.1 Å². The summed E-state index contributed by atoms with van der Waals surface area (Å²) < 4.78 is 5.56. The Kier molecular flexibility index (Phi) is 4.97. The summed E-state index contributed by atoms with van der Waals surface area (Å²) in [4.78, 5) is 2.13. The lowest BCUT2D eigenvalue weighted by Crippen LogP contribution is -2.22. The Morgan fingerprint density at radius 3 is 2.62 bits per heavy atom. The lowest BCUT2D eigenvalue weighted by molar-refractivity contribution is 0.342. The molecule has 0 aliphatic heterocycles. The molecule has 0 radical (unpaired) electrons. The van der Waals surface area contributed by atoms with E-state index in [-0.39, 0.29) is 6.04 Å². The van der Waals surface area contributed by atoms with Gasteiger partial charge in [-0.25, -0.2) is 0 Å². The van der Waals surface area contributed by atoms with E-state index in [1.54, 1.807) is 0 Å². The lowest BCUT2D eigenvalue weighted by atomic mass is 10.1. The van der Waals surface area contributed by atoms with Crippen molar-refractivity contribution >= 4 is 23.0 Å². The van der Waals surface area contributed by atoms with Gasteiger partial charge in [0.15, 0.2) is 0 Å². The molecule has 0 heterocycles. The number of nitrogen functional groups attached to an aromatic ring is 1. The topological polar surface area (TPSA) is 38.5 Å². The number of hydrogen-bond acceptors (Lipinski definition) is 3.